The third-order valence-corrected chi connectivity index (χ3v) is 11.5. The Morgan fingerprint density at radius 3 is 1.84 bits per heavy atom. The van der Waals surface area contributed by atoms with Crippen LogP contribution in [-0.4, -0.2) is 19.1 Å². The number of nitrogens with zero attached hydrogens (tertiary/aromatic N) is 4. The Bertz CT molecular complexity index is 3520. The average molecular weight is 713 g/mol. The summed E-state index contributed by atoms with van der Waals surface area (Å²) in [4.78, 5) is 10.8. The number of para-hydroxylation sites is 3. The molecule has 0 aliphatic heterocycles. The van der Waals surface area contributed by atoms with Crippen molar-refractivity contribution >= 4 is 76.1 Å². The molecule has 9 aromatic carbocycles. The normalized spacial score (nSPS) is 11.9. The molecular formula is C52H32N4. The maximum atomic E-state index is 5.49. The highest BCUT2D eigenvalue weighted by atomic mass is 15.2. The van der Waals surface area contributed by atoms with Crippen LogP contribution < -0.4 is 0 Å². The molecule has 0 radical (unpaired) electrons. The predicted octanol–water partition coefficient (Wildman–Crippen LogP) is 13.5. The largest absolute Gasteiger partial charge is 0.309 e. The SMILES string of the molecule is c1ccc(-c2ccc3c(c2)c2cc4ccccc4cc2n3-c2nc(-c3ccc4c(ccc5c4c4ccccc4n5-c4ccccc4)c3)c3ccccc3n2)cc1. The lowest BCUT2D eigenvalue weighted by atomic mass is 9.99. The Hall–Kier alpha value is -7.56. The Labute approximate surface area is 322 Å². The Morgan fingerprint density at radius 2 is 0.982 bits per heavy atom. The van der Waals surface area contributed by atoms with Gasteiger partial charge in [-0.15, -0.1) is 0 Å². The van der Waals surface area contributed by atoms with Crippen LogP contribution >= 0.6 is 0 Å². The highest BCUT2D eigenvalue weighted by molar-refractivity contribution is 6.22. The van der Waals surface area contributed by atoms with Gasteiger partial charge in [-0.1, -0.05) is 133 Å². The molecule has 0 aliphatic carbocycles. The minimum atomic E-state index is 0.655. The molecular weight excluding hydrogens is 681 g/mol. The summed E-state index contributed by atoms with van der Waals surface area (Å²) < 4.78 is 4.63. The van der Waals surface area contributed by atoms with E-state index in [-0.39, 0.29) is 0 Å². The van der Waals surface area contributed by atoms with Crippen LogP contribution in [0, 0.1) is 0 Å². The highest BCUT2D eigenvalue weighted by Gasteiger charge is 2.20. The van der Waals surface area contributed by atoms with E-state index in [1.54, 1.807) is 0 Å². The summed E-state index contributed by atoms with van der Waals surface area (Å²) in [5.41, 5.74) is 11.0. The molecule has 56 heavy (non-hydrogen) atoms. The fraction of sp³-hybridized carbons (Fsp3) is 0. The number of benzene rings is 9. The lowest BCUT2D eigenvalue weighted by Gasteiger charge is -2.13. The van der Waals surface area contributed by atoms with Crippen LogP contribution in [0.4, 0.5) is 0 Å². The zero-order valence-electron chi connectivity index (χ0n) is 30.3. The molecule has 3 aromatic heterocycles. The van der Waals surface area contributed by atoms with Crippen molar-refractivity contribution < 1.29 is 0 Å². The first-order valence-corrected chi connectivity index (χ1v) is 19.1. The van der Waals surface area contributed by atoms with Crippen molar-refractivity contribution in [2.75, 3.05) is 0 Å². The van der Waals surface area contributed by atoms with Crippen molar-refractivity contribution in [2.45, 2.75) is 0 Å². The first-order chi connectivity index (χ1) is 27.8. The number of hydrogen-bond acceptors (Lipinski definition) is 2. The van der Waals surface area contributed by atoms with Gasteiger partial charge in [0.25, 0.3) is 0 Å². The fourth-order valence-electron chi connectivity index (χ4n) is 8.92. The van der Waals surface area contributed by atoms with Gasteiger partial charge in [0.15, 0.2) is 0 Å². The van der Waals surface area contributed by atoms with Crippen molar-refractivity contribution in [3.05, 3.63) is 194 Å². The van der Waals surface area contributed by atoms with Gasteiger partial charge in [-0.05, 0) is 93.3 Å². The molecule has 3 heterocycles. The summed E-state index contributed by atoms with van der Waals surface area (Å²) in [6, 6.07) is 69.6. The van der Waals surface area contributed by atoms with Gasteiger partial charge in [-0.3, -0.25) is 4.57 Å². The number of hydrogen-bond donors (Lipinski definition) is 0. The minimum absolute atomic E-state index is 0.655. The van der Waals surface area contributed by atoms with E-state index in [4.69, 9.17) is 9.97 Å². The first kappa shape index (κ1) is 30.9. The monoisotopic (exact) mass is 712 g/mol. The lowest BCUT2D eigenvalue weighted by Crippen LogP contribution is -2.03. The van der Waals surface area contributed by atoms with Crippen molar-refractivity contribution in [2.24, 2.45) is 0 Å². The van der Waals surface area contributed by atoms with Crippen molar-refractivity contribution in [1.82, 2.24) is 19.1 Å². The van der Waals surface area contributed by atoms with Gasteiger partial charge in [0.2, 0.25) is 5.95 Å². The Balaban J connectivity index is 1.10. The van der Waals surface area contributed by atoms with E-state index in [1.807, 2.05) is 0 Å². The van der Waals surface area contributed by atoms with E-state index in [9.17, 15) is 0 Å². The maximum absolute atomic E-state index is 5.49. The fourth-order valence-corrected chi connectivity index (χ4v) is 8.92. The topological polar surface area (TPSA) is 35.6 Å². The molecule has 0 saturated carbocycles. The molecule has 0 spiro atoms. The molecule has 12 rings (SSSR count). The predicted molar refractivity (Wildman–Crippen MR) is 234 cm³/mol. The molecule has 0 fully saturated rings. The molecule has 0 unspecified atom stereocenters. The van der Waals surface area contributed by atoms with Crippen molar-refractivity contribution in [1.29, 1.82) is 0 Å². The molecule has 0 N–H and O–H groups in total. The molecule has 0 atom stereocenters. The first-order valence-electron chi connectivity index (χ1n) is 19.1. The summed E-state index contributed by atoms with van der Waals surface area (Å²) in [5, 5.41) is 10.7. The average Bonchev–Trinajstić information content (AvgIpc) is 3.78. The van der Waals surface area contributed by atoms with Crippen molar-refractivity contribution in [3.8, 4) is 34.0 Å². The molecule has 12 aromatic rings. The Kier molecular flexibility index (Phi) is 6.60. The number of rotatable bonds is 4. The standard InChI is InChI=1S/C52H32N4/c1-3-13-33(14-4-1)36-24-27-47-43(31-36)44-30-34-15-7-8-16-35(34)32-49(44)56(47)52-53-45-21-11-9-19-41(45)51(54-52)38-23-26-40-37(29-38)25-28-48-50(40)42-20-10-12-22-46(42)55(48)39-17-5-2-6-18-39/h1-32H. The van der Waals surface area contributed by atoms with E-state index in [0.29, 0.717) is 5.95 Å². The third kappa shape index (κ3) is 4.60. The van der Waals surface area contributed by atoms with Crippen LogP contribution in [0.15, 0.2) is 194 Å². The summed E-state index contributed by atoms with van der Waals surface area (Å²) in [6.07, 6.45) is 0. The molecule has 4 nitrogen and oxygen atoms in total. The molecule has 0 aliphatic rings. The second-order valence-corrected chi connectivity index (χ2v) is 14.6. The van der Waals surface area contributed by atoms with Gasteiger partial charge in [-0.25, -0.2) is 9.97 Å². The van der Waals surface area contributed by atoms with E-state index in [0.717, 1.165) is 38.9 Å². The molecule has 0 amide bonds. The van der Waals surface area contributed by atoms with E-state index in [2.05, 4.69) is 203 Å². The highest BCUT2D eigenvalue weighted by Crippen LogP contribution is 2.40. The van der Waals surface area contributed by atoms with Crippen LogP contribution in [-0.2, 0) is 0 Å². The third-order valence-electron chi connectivity index (χ3n) is 11.5. The summed E-state index contributed by atoms with van der Waals surface area (Å²) in [6.45, 7) is 0. The summed E-state index contributed by atoms with van der Waals surface area (Å²) in [5.74, 6) is 0.655. The second kappa shape index (κ2) is 12.0. The second-order valence-electron chi connectivity index (χ2n) is 14.6. The maximum Gasteiger partial charge on any atom is 0.235 e. The number of fused-ring (bicyclic) bond motifs is 10. The van der Waals surface area contributed by atoms with Crippen LogP contribution in [0.5, 0.6) is 0 Å². The van der Waals surface area contributed by atoms with Gasteiger partial charge in [-0.2, -0.15) is 0 Å². The smallest absolute Gasteiger partial charge is 0.235 e. The van der Waals surface area contributed by atoms with E-state index in [1.165, 1.54) is 65.3 Å². The quantitative estimate of drug-likeness (QED) is 0.182. The molecule has 260 valence electrons. The van der Waals surface area contributed by atoms with Crippen LogP contribution in [0.25, 0.3) is 110 Å². The van der Waals surface area contributed by atoms with Crippen molar-refractivity contribution in [3.63, 3.8) is 0 Å². The molecule has 0 bridgehead atoms. The minimum Gasteiger partial charge on any atom is -0.309 e. The van der Waals surface area contributed by atoms with E-state index >= 15 is 0 Å². The Morgan fingerprint density at radius 1 is 0.321 bits per heavy atom. The molecule has 4 heteroatoms. The van der Waals surface area contributed by atoms with Gasteiger partial charge >= 0.3 is 0 Å². The zero-order chi connectivity index (χ0) is 36.7. The van der Waals surface area contributed by atoms with E-state index < -0.39 is 0 Å². The molecule has 0 saturated heterocycles. The van der Waals surface area contributed by atoms with Gasteiger partial charge in [0.05, 0.1) is 33.3 Å². The zero-order valence-corrected chi connectivity index (χ0v) is 30.3. The van der Waals surface area contributed by atoms with Gasteiger partial charge in [0, 0.05) is 38.2 Å². The van der Waals surface area contributed by atoms with Gasteiger partial charge in [0.1, 0.15) is 0 Å². The van der Waals surface area contributed by atoms with Crippen LogP contribution in [0.1, 0.15) is 0 Å². The van der Waals surface area contributed by atoms with Gasteiger partial charge < -0.3 is 4.57 Å². The summed E-state index contributed by atoms with van der Waals surface area (Å²) in [7, 11) is 0. The van der Waals surface area contributed by atoms with Crippen LogP contribution in [0.3, 0.4) is 0 Å². The lowest BCUT2D eigenvalue weighted by molar-refractivity contribution is 1.01. The van der Waals surface area contributed by atoms with Crippen LogP contribution in [0.2, 0.25) is 0 Å². The number of aromatic nitrogens is 4. The summed E-state index contributed by atoms with van der Waals surface area (Å²) >= 11 is 0.